The number of rotatable bonds is 3. The van der Waals surface area contributed by atoms with Gasteiger partial charge in [0.2, 0.25) is 11.8 Å². The van der Waals surface area contributed by atoms with Crippen molar-refractivity contribution in [1.82, 2.24) is 19.6 Å². The molecule has 0 N–H and O–H groups in total. The summed E-state index contributed by atoms with van der Waals surface area (Å²) in [5, 5.41) is 8.77. The Balaban J connectivity index is 1.64. The molecule has 0 saturated carbocycles. The Morgan fingerprint density at radius 1 is 1.11 bits per heavy atom. The summed E-state index contributed by atoms with van der Waals surface area (Å²) in [6.07, 6.45) is 0.0665. The quantitative estimate of drug-likeness (QED) is 0.602. The molecule has 1 fully saturated rings. The van der Waals surface area contributed by atoms with E-state index in [9.17, 15) is 9.59 Å². The summed E-state index contributed by atoms with van der Waals surface area (Å²) in [5.41, 5.74) is 2.15. The van der Waals surface area contributed by atoms with E-state index in [0.29, 0.717) is 21.6 Å². The Kier molecular flexibility index (Phi) is 4.57. The number of fused-ring (bicyclic) bond motifs is 1. The van der Waals surface area contributed by atoms with Gasteiger partial charge in [-0.2, -0.15) is 0 Å². The molecule has 1 aliphatic heterocycles. The van der Waals surface area contributed by atoms with E-state index in [1.54, 1.807) is 16.5 Å². The third-order valence-corrected chi connectivity index (χ3v) is 6.04. The average Bonchev–Trinajstić information content (AvgIpc) is 3.12. The molecule has 1 aliphatic rings. The average molecular weight is 422 g/mol. The normalized spacial score (nSPS) is 17.3. The first-order valence-corrected chi connectivity index (χ1v) is 9.66. The highest BCUT2D eigenvalue weighted by Crippen LogP contribution is 2.35. The highest BCUT2D eigenvalue weighted by molar-refractivity contribution is 8.00. The second-order valence-corrected chi connectivity index (χ2v) is 8.12. The van der Waals surface area contributed by atoms with E-state index in [1.165, 1.54) is 17.8 Å². The first kappa shape index (κ1) is 18.2. The summed E-state index contributed by atoms with van der Waals surface area (Å²) in [7, 11) is 0. The molecule has 7 nitrogen and oxygen atoms in total. The first-order chi connectivity index (χ1) is 12.8. The first-order valence-electron chi connectivity index (χ1n) is 8.03. The minimum atomic E-state index is -0.597. The van der Waals surface area contributed by atoms with E-state index in [-0.39, 0.29) is 23.3 Å². The second kappa shape index (κ2) is 6.78. The molecule has 10 heteroatoms. The van der Waals surface area contributed by atoms with Crippen LogP contribution in [0.15, 0.2) is 29.4 Å². The van der Waals surface area contributed by atoms with Crippen LogP contribution in [0.25, 0.3) is 5.78 Å². The predicted octanol–water partition coefficient (Wildman–Crippen LogP) is 3.47. The van der Waals surface area contributed by atoms with Gasteiger partial charge in [0.05, 0.1) is 15.7 Å². The van der Waals surface area contributed by atoms with Gasteiger partial charge in [-0.15, -0.1) is 10.2 Å². The molecule has 27 heavy (non-hydrogen) atoms. The van der Waals surface area contributed by atoms with Crippen molar-refractivity contribution in [2.45, 2.75) is 30.7 Å². The molecule has 0 radical (unpaired) electrons. The summed E-state index contributed by atoms with van der Waals surface area (Å²) < 4.78 is 1.78. The fourth-order valence-electron chi connectivity index (χ4n) is 3.00. The number of carbonyl (C=O) groups excluding carboxylic acids is 2. The van der Waals surface area contributed by atoms with Gasteiger partial charge < -0.3 is 0 Å². The maximum Gasteiger partial charge on any atom is 0.256 e. The standard InChI is InChI=1S/C17H13Cl2N5O2S/c1-8-5-9(2)23-16(20-8)21-22-17(23)27-13-7-14(25)24(15(13)26)10-3-4-11(18)12(19)6-10/h3-6,13H,7H2,1-2H3/t13-/m1/s1. The lowest BCUT2D eigenvalue weighted by Gasteiger charge is -2.15. The maximum absolute atomic E-state index is 12.8. The van der Waals surface area contributed by atoms with E-state index in [0.717, 1.165) is 16.3 Å². The zero-order valence-electron chi connectivity index (χ0n) is 14.3. The smallest absolute Gasteiger partial charge is 0.256 e. The molecule has 138 valence electrons. The number of aromatic nitrogens is 4. The molecular weight excluding hydrogens is 409 g/mol. The molecule has 0 bridgehead atoms. The Labute approximate surface area is 168 Å². The van der Waals surface area contributed by atoms with Crippen LogP contribution in [-0.4, -0.2) is 36.6 Å². The van der Waals surface area contributed by atoms with Crippen LogP contribution in [0.5, 0.6) is 0 Å². The van der Waals surface area contributed by atoms with E-state index in [4.69, 9.17) is 23.2 Å². The van der Waals surface area contributed by atoms with Gasteiger partial charge >= 0.3 is 0 Å². The van der Waals surface area contributed by atoms with Crippen LogP contribution in [0.1, 0.15) is 17.8 Å². The number of amides is 2. The summed E-state index contributed by atoms with van der Waals surface area (Å²) >= 11 is 13.1. The van der Waals surface area contributed by atoms with Crippen LogP contribution < -0.4 is 4.90 Å². The Morgan fingerprint density at radius 3 is 2.63 bits per heavy atom. The summed E-state index contributed by atoms with van der Waals surface area (Å²) in [5.74, 6) is -0.152. The Hall–Kier alpha value is -2.16. The summed E-state index contributed by atoms with van der Waals surface area (Å²) in [4.78, 5) is 30.8. The third-order valence-electron chi connectivity index (χ3n) is 4.18. The van der Waals surface area contributed by atoms with Crippen LogP contribution >= 0.6 is 35.0 Å². The molecule has 3 heterocycles. The lowest BCUT2D eigenvalue weighted by molar-refractivity contribution is -0.121. The molecule has 2 aromatic heterocycles. The van der Waals surface area contributed by atoms with E-state index >= 15 is 0 Å². The van der Waals surface area contributed by atoms with Crippen LogP contribution in [0, 0.1) is 13.8 Å². The van der Waals surface area contributed by atoms with Gasteiger partial charge in [0.1, 0.15) is 5.25 Å². The third kappa shape index (κ3) is 3.18. The lowest BCUT2D eigenvalue weighted by Crippen LogP contribution is -2.31. The number of imide groups is 1. The van der Waals surface area contributed by atoms with Crippen LogP contribution in [0.4, 0.5) is 5.69 Å². The number of hydrogen-bond acceptors (Lipinski definition) is 6. The Bertz CT molecular complexity index is 1100. The fourth-order valence-corrected chi connectivity index (χ4v) is 4.39. The van der Waals surface area contributed by atoms with Crippen molar-refractivity contribution in [2.75, 3.05) is 4.90 Å². The van der Waals surface area contributed by atoms with E-state index < -0.39 is 5.25 Å². The van der Waals surface area contributed by atoms with Gasteiger partial charge in [-0.1, -0.05) is 35.0 Å². The Morgan fingerprint density at radius 2 is 1.89 bits per heavy atom. The number of carbonyl (C=O) groups is 2. The van der Waals surface area contributed by atoms with Crippen LogP contribution in [0.3, 0.4) is 0 Å². The number of nitrogens with zero attached hydrogens (tertiary/aromatic N) is 5. The molecule has 4 rings (SSSR count). The molecule has 0 unspecified atom stereocenters. The fraction of sp³-hybridized carbons (Fsp3) is 0.235. The van der Waals surface area contributed by atoms with Gasteiger partial charge in [-0.25, -0.2) is 9.88 Å². The number of hydrogen-bond donors (Lipinski definition) is 0. The zero-order valence-corrected chi connectivity index (χ0v) is 16.6. The molecule has 1 aromatic carbocycles. The predicted molar refractivity (Wildman–Crippen MR) is 103 cm³/mol. The van der Waals surface area contributed by atoms with Gasteiger partial charge in [0.15, 0.2) is 5.16 Å². The van der Waals surface area contributed by atoms with Gasteiger partial charge in [-0.3, -0.25) is 14.0 Å². The molecule has 3 aromatic rings. The number of thioether (sulfide) groups is 1. The number of anilines is 1. The van der Waals surface area contributed by atoms with Crippen molar-refractivity contribution in [2.24, 2.45) is 0 Å². The number of aryl methyl sites for hydroxylation is 2. The molecule has 2 amide bonds. The lowest BCUT2D eigenvalue weighted by atomic mass is 10.3. The topological polar surface area (TPSA) is 80.5 Å². The van der Waals surface area contributed by atoms with E-state index in [2.05, 4.69) is 15.2 Å². The minimum absolute atomic E-state index is 0.0665. The van der Waals surface area contributed by atoms with Crippen molar-refractivity contribution >= 4 is 58.2 Å². The number of benzene rings is 1. The largest absolute Gasteiger partial charge is 0.274 e. The maximum atomic E-state index is 12.8. The highest BCUT2D eigenvalue weighted by Gasteiger charge is 2.41. The van der Waals surface area contributed by atoms with Crippen molar-refractivity contribution in [1.29, 1.82) is 0 Å². The van der Waals surface area contributed by atoms with E-state index in [1.807, 2.05) is 19.9 Å². The zero-order chi connectivity index (χ0) is 19.3. The van der Waals surface area contributed by atoms with Crippen LogP contribution in [-0.2, 0) is 9.59 Å². The summed E-state index contributed by atoms with van der Waals surface area (Å²) in [6.45, 7) is 3.79. The molecule has 0 aliphatic carbocycles. The molecule has 1 atom stereocenters. The molecular formula is C17H13Cl2N5O2S. The monoisotopic (exact) mass is 421 g/mol. The molecule has 0 spiro atoms. The number of halogens is 2. The highest BCUT2D eigenvalue weighted by atomic mass is 35.5. The minimum Gasteiger partial charge on any atom is -0.274 e. The van der Waals surface area contributed by atoms with Crippen molar-refractivity contribution < 1.29 is 9.59 Å². The van der Waals surface area contributed by atoms with Gasteiger partial charge in [0.25, 0.3) is 5.78 Å². The van der Waals surface area contributed by atoms with Crippen molar-refractivity contribution in [3.63, 3.8) is 0 Å². The summed E-state index contributed by atoms with van der Waals surface area (Å²) in [6, 6.07) is 6.57. The molecule has 1 saturated heterocycles. The SMILES string of the molecule is Cc1cc(C)n2c(S[C@@H]3CC(=O)N(c4ccc(Cl)c(Cl)c4)C3=O)nnc2n1. The van der Waals surface area contributed by atoms with Crippen LogP contribution in [0.2, 0.25) is 10.0 Å². The van der Waals surface area contributed by atoms with Gasteiger partial charge in [0, 0.05) is 17.8 Å². The van der Waals surface area contributed by atoms with Gasteiger partial charge in [-0.05, 0) is 38.1 Å². The second-order valence-electron chi connectivity index (χ2n) is 6.13. The van der Waals surface area contributed by atoms with Crippen molar-refractivity contribution in [3.05, 3.63) is 45.7 Å². The van der Waals surface area contributed by atoms with Crippen molar-refractivity contribution in [3.8, 4) is 0 Å².